The number of nitrogens with one attached hydrogen (secondary N) is 5. The first kappa shape index (κ1) is 39.3. The molecular formula is C31H54N8O6. The average Bonchev–Trinajstić information content (AvgIpc) is 3.00. The predicted octanol–water partition coefficient (Wildman–Crippen LogP) is 0.570. The van der Waals surface area contributed by atoms with Gasteiger partial charge >= 0.3 is 6.03 Å². The van der Waals surface area contributed by atoms with Gasteiger partial charge in [-0.25, -0.2) is 4.79 Å². The average molecular weight is 635 g/mol. The molecule has 1 aromatic carbocycles. The number of nitrogens with two attached hydrogens (primary N) is 3. The van der Waals surface area contributed by atoms with Crippen LogP contribution in [0.5, 0.6) is 0 Å². The molecule has 0 saturated carbocycles. The number of aliphatic hydroxyl groups is 1. The van der Waals surface area contributed by atoms with Crippen LogP contribution >= 0.6 is 0 Å². The van der Waals surface area contributed by atoms with Crippen LogP contribution < -0.4 is 43.8 Å². The van der Waals surface area contributed by atoms with E-state index in [2.05, 4.69) is 26.6 Å². The zero-order valence-corrected chi connectivity index (χ0v) is 26.9. The van der Waals surface area contributed by atoms with Crippen LogP contribution in [0, 0.1) is 11.8 Å². The van der Waals surface area contributed by atoms with Crippen LogP contribution in [0.3, 0.4) is 0 Å². The molecule has 6 amide bonds. The molecule has 12 N–H and O–H groups in total. The van der Waals surface area contributed by atoms with E-state index < -0.39 is 41.9 Å². The number of hydrogen-bond acceptors (Lipinski definition) is 8. The lowest BCUT2D eigenvalue weighted by Gasteiger charge is -2.28. The molecular weight excluding hydrogens is 580 g/mol. The van der Waals surface area contributed by atoms with Gasteiger partial charge in [-0.3, -0.25) is 19.2 Å². The van der Waals surface area contributed by atoms with E-state index in [9.17, 15) is 29.1 Å². The molecule has 254 valence electrons. The van der Waals surface area contributed by atoms with Crippen molar-refractivity contribution in [1.82, 2.24) is 21.3 Å². The van der Waals surface area contributed by atoms with Gasteiger partial charge in [0.15, 0.2) is 0 Å². The van der Waals surface area contributed by atoms with Gasteiger partial charge in [0.2, 0.25) is 23.6 Å². The highest BCUT2D eigenvalue weighted by Crippen LogP contribution is 2.13. The molecule has 0 spiro atoms. The Morgan fingerprint density at radius 2 is 1.27 bits per heavy atom. The lowest BCUT2D eigenvalue weighted by molar-refractivity contribution is -0.134. The Bertz CT molecular complexity index is 1070. The fraction of sp³-hybridized carbons (Fsp3) is 0.645. The van der Waals surface area contributed by atoms with Gasteiger partial charge < -0.3 is 48.9 Å². The molecule has 0 bridgehead atoms. The number of primary amides is 1. The molecule has 0 aliphatic rings. The number of carbonyl (C=O) groups is 5. The number of aliphatic hydroxyl groups excluding tert-OH is 1. The third kappa shape index (κ3) is 15.7. The molecule has 0 aliphatic heterocycles. The van der Waals surface area contributed by atoms with Crippen LogP contribution in [-0.4, -0.2) is 72.5 Å². The fourth-order valence-electron chi connectivity index (χ4n) is 4.56. The SMILES string of the molecule is CC(C)[C@H](NC(=O)[C@H](CCCCN)NC(=O)[C@@H](C)CCCCN)C(=O)N[C@@H](CCCNC(N)=O)C(=O)Nc1ccc(CO)cc1. The highest BCUT2D eigenvalue weighted by Gasteiger charge is 2.31. The van der Waals surface area contributed by atoms with Crippen molar-refractivity contribution in [3.05, 3.63) is 29.8 Å². The fourth-order valence-corrected chi connectivity index (χ4v) is 4.56. The molecule has 14 heteroatoms. The second-order valence-corrected chi connectivity index (χ2v) is 11.6. The second-order valence-electron chi connectivity index (χ2n) is 11.6. The normalized spacial score (nSPS) is 13.7. The van der Waals surface area contributed by atoms with Crippen LogP contribution in [0.15, 0.2) is 24.3 Å². The number of anilines is 1. The molecule has 1 rings (SSSR count). The minimum Gasteiger partial charge on any atom is -0.392 e. The van der Waals surface area contributed by atoms with Crippen LogP contribution in [0.2, 0.25) is 0 Å². The van der Waals surface area contributed by atoms with Crippen LogP contribution in [0.4, 0.5) is 10.5 Å². The van der Waals surface area contributed by atoms with Gasteiger partial charge in [0, 0.05) is 18.2 Å². The summed E-state index contributed by atoms with van der Waals surface area (Å²) >= 11 is 0. The molecule has 0 aliphatic carbocycles. The molecule has 0 aromatic heterocycles. The number of hydrogen-bond donors (Lipinski definition) is 9. The molecule has 0 saturated heterocycles. The van der Waals surface area contributed by atoms with Gasteiger partial charge in [0.25, 0.3) is 0 Å². The van der Waals surface area contributed by atoms with Gasteiger partial charge in [-0.1, -0.05) is 39.3 Å². The summed E-state index contributed by atoms with van der Waals surface area (Å²) in [6.07, 6.45) is 4.38. The molecule has 4 atom stereocenters. The highest BCUT2D eigenvalue weighted by atomic mass is 16.3. The summed E-state index contributed by atoms with van der Waals surface area (Å²) in [6.45, 7) is 6.37. The Hall–Kier alpha value is -3.75. The number of benzene rings is 1. The summed E-state index contributed by atoms with van der Waals surface area (Å²) in [5, 5.41) is 22.9. The summed E-state index contributed by atoms with van der Waals surface area (Å²) in [7, 11) is 0. The van der Waals surface area contributed by atoms with Crippen molar-refractivity contribution in [1.29, 1.82) is 0 Å². The first-order chi connectivity index (χ1) is 21.4. The Balaban J connectivity index is 3.05. The summed E-state index contributed by atoms with van der Waals surface area (Å²) in [4.78, 5) is 64.2. The van der Waals surface area contributed by atoms with Crippen molar-refractivity contribution < 1.29 is 29.1 Å². The van der Waals surface area contributed by atoms with Crippen molar-refractivity contribution in [2.45, 2.75) is 96.9 Å². The molecule has 1 aromatic rings. The number of rotatable bonds is 22. The minimum absolute atomic E-state index is 0.145. The second kappa shape index (κ2) is 21.9. The monoisotopic (exact) mass is 634 g/mol. The molecule has 0 radical (unpaired) electrons. The molecule has 45 heavy (non-hydrogen) atoms. The Kier molecular flexibility index (Phi) is 19.1. The van der Waals surface area contributed by atoms with Crippen molar-refractivity contribution in [2.24, 2.45) is 29.0 Å². The van der Waals surface area contributed by atoms with E-state index >= 15 is 0 Å². The third-order valence-electron chi connectivity index (χ3n) is 7.37. The highest BCUT2D eigenvalue weighted by molar-refractivity contribution is 5.99. The van der Waals surface area contributed by atoms with E-state index in [0.29, 0.717) is 56.4 Å². The molecule has 0 heterocycles. The zero-order chi connectivity index (χ0) is 33.8. The largest absolute Gasteiger partial charge is 0.392 e. The smallest absolute Gasteiger partial charge is 0.312 e. The molecule has 0 unspecified atom stereocenters. The topological polar surface area (TPSA) is 244 Å². The van der Waals surface area contributed by atoms with Crippen LogP contribution in [0.25, 0.3) is 0 Å². The maximum atomic E-state index is 13.5. The van der Waals surface area contributed by atoms with Gasteiger partial charge in [-0.2, -0.15) is 0 Å². The van der Waals surface area contributed by atoms with E-state index in [0.717, 1.165) is 12.8 Å². The van der Waals surface area contributed by atoms with E-state index in [4.69, 9.17) is 17.2 Å². The van der Waals surface area contributed by atoms with Gasteiger partial charge in [-0.15, -0.1) is 0 Å². The van der Waals surface area contributed by atoms with E-state index in [1.54, 1.807) is 45.0 Å². The zero-order valence-electron chi connectivity index (χ0n) is 26.9. The maximum Gasteiger partial charge on any atom is 0.312 e. The summed E-state index contributed by atoms with van der Waals surface area (Å²) in [6, 6.07) is 3.01. The van der Waals surface area contributed by atoms with Crippen molar-refractivity contribution in [3.8, 4) is 0 Å². The predicted molar refractivity (Wildman–Crippen MR) is 173 cm³/mol. The first-order valence-electron chi connectivity index (χ1n) is 15.8. The lowest BCUT2D eigenvalue weighted by Crippen LogP contribution is -2.58. The molecule has 14 nitrogen and oxygen atoms in total. The number of amides is 6. The van der Waals surface area contributed by atoms with Gasteiger partial charge in [0.1, 0.15) is 18.1 Å². The summed E-state index contributed by atoms with van der Waals surface area (Å²) in [5.74, 6) is -2.48. The number of urea groups is 1. The van der Waals surface area contributed by atoms with Gasteiger partial charge in [-0.05, 0) is 81.6 Å². The quantitative estimate of drug-likeness (QED) is 0.0814. The Morgan fingerprint density at radius 1 is 0.711 bits per heavy atom. The van der Waals surface area contributed by atoms with Crippen LogP contribution in [-0.2, 0) is 25.8 Å². The van der Waals surface area contributed by atoms with E-state index in [1.807, 2.05) is 0 Å². The molecule has 0 fully saturated rings. The first-order valence-corrected chi connectivity index (χ1v) is 15.8. The Labute approximate surface area is 266 Å². The van der Waals surface area contributed by atoms with Gasteiger partial charge in [0.05, 0.1) is 6.61 Å². The van der Waals surface area contributed by atoms with Crippen molar-refractivity contribution >= 4 is 35.3 Å². The third-order valence-corrected chi connectivity index (χ3v) is 7.37. The van der Waals surface area contributed by atoms with Crippen LogP contribution in [0.1, 0.15) is 77.7 Å². The number of carbonyl (C=O) groups excluding carboxylic acids is 5. The van der Waals surface area contributed by atoms with Crippen molar-refractivity contribution in [2.75, 3.05) is 25.0 Å². The van der Waals surface area contributed by atoms with Crippen molar-refractivity contribution in [3.63, 3.8) is 0 Å². The van der Waals surface area contributed by atoms with E-state index in [1.165, 1.54) is 0 Å². The number of unbranched alkanes of at least 4 members (excludes halogenated alkanes) is 2. The summed E-state index contributed by atoms with van der Waals surface area (Å²) < 4.78 is 0. The maximum absolute atomic E-state index is 13.5. The standard InChI is InChI=1S/C31H54N8O6/c1-20(2)26(39-29(43)24(10-5-7-17-33)37-27(41)21(3)9-4-6-16-32)30(44)38-25(11-8-18-35-31(34)45)28(42)36-23-14-12-22(19-40)13-15-23/h12-15,20-21,24-26,40H,4-11,16-19,32-33H2,1-3H3,(H,36,42)(H,37,41)(H,38,44)(H,39,43)(H3,34,35,45)/t21-,24-,25-,26-/m0/s1. The van der Waals surface area contributed by atoms with E-state index in [-0.39, 0.29) is 37.3 Å². The summed E-state index contributed by atoms with van der Waals surface area (Å²) in [5.41, 5.74) is 17.5. The Morgan fingerprint density at radius 3 is 1.82 bits per heavy atom. The minimum atomic E-state index is -1.00. The lowest BCUT2D eigenvalue weighted by atomic mass is 9.99.